The fourth-order valence-electron chi connectivity index (χ4n) is 2.42. The number of hydrogen-bond acceptors (Lipinski definition) is 3. The largest absolute Gasteiger partial charge is 0.381 e. The second-order valence-electron chi connectivity index (χ2n) is 4.51. The lowest BCUT2D eigenvalue weighted by atomic mass is 9.87. The molecule has 0 amide bonds. The molecule has 3 N–H and O–H groups in total. The molecule has 16 heavy (non-hydrogen) atoms. The Labute approximate surface area is 97.0 Å². The molecule has 0 aromatic heterocycles. The fourth-order valence-corrected chi connectivity index (χ4v) is 2.42. The second kappa shape index (κ2) is 5.43. The van der Waals surface area contributed by atoms with Gasteiger partial charge in [-0.05, 0) is 31.2 Å². The van der Waals surface area contributed by atoms with Gasteiger partial charge in [-0.15, -0.1) is 0 Å². The van der Waals surface area contributed by atoms with Crippen molar-refractivity contribution in [3.05, 3.63) is 35.4 Å². The summed E-state index contributed by atoms with van der Waals surface area (Å²) < 4.78 is 5.39. The van der Waals surface area contributed by atoms with E-state index < -0.39 is 0 Å². The molecule has 0 saturated carbocycles. The molecule has 88 valence electrons. The zero-order chi connectivity index (χ0) is 11.4. The Morgan fingerprint density at radius 3 is 2.75 bits per heavy atom. The highest BCUT2D eigenvalue weighted by Crippen LogP contribution is 2.29. The molecule has 1 aliphatic rings. The van der Waals surface area contributed by atoms with Crippen molar-refractivity contribution in [3.8, 4) is 0 Å². The predicted molar refractivity (Wildman–Crippen MR) is 64.8 cm³/mol. The lowest BCUT2D eigenvalue weighted by Crippen LogP contribution is -2.36. The first-order chi connectivity index (χ1) is 7.81. The maximum Gasteiger partial charge on any atom is 0.0489 e. The fraction of sp³-hybridized carbons (Fsp3) is 0.538. The van der Waals surface area contributed by atoms with E-state index in [1.54, 1.807) is 0 Å². The van der Waals surface area contributed by atoms with Gasteiger partial charge in [-0.25, -0.2) is 0 Å². The Hall–Kier alpha value is -0.900. The summed E-state index contributed by atoms with van der Waals surface area (Å²) in [4.78, 5) is 0. The topological polar surface area (TPSA) is 47.3 Å². The minimum absolute atomic E-state index is 0.254. The van der Waals surface area contributed by atoms with Gasteiger partial charge in [-0.1, -0.05) is 29.8 Å². The lowest BCUT2D eigenvalue weighted by molar-refractivity contribution is 0.0536. The Kier molecular flexibility index (Phi) is 3.93. The van der Waals surface area contributed by atoms with E-state index in [2.05, 4.69) is 36.6 Å². The van der Waals surface area contributed by atoms with Crippen LogP contribution in [0.25, 0.3) is 0 Å². The average molecular weight is 220 g/mol. The van der Waals surface area contributed by atoms with Crippen LogP contribution >= 0.6 is 0 Å². The average Bonchev–Trinajstić information content (AvgIpc) is 2.31. The highest BCUT2D eigenvalue weighted by molar-refractivity contribution is 5.25. The van der Waals surface area contributed by atoms with Crippen LogP contribution in [-0.2, 0) is 4.74 Å². The van der Waals surface area contributed by atoms with Crippen LogP contribution in [0.15, 0.2) is 24.3 Å². The molecular weight excluding hydrogens is 200 g/mol. The molecule has 0 bridgehead atoms. The van der Waals surface area contributed by atoms with E-state index in [1.165, 1.54) is 11.1 Å². The Morgan fingerprint density at radius 2 is 2.12 bits per heavy atom. The van der Waals surface area contributed by atoms with E-state index in [9.17, 15) is 0 Å². The second-order valence-corrected chi connectivity index (χ2v) is 4.51. The van der Waals surface area contributed by atoms with Gasteiger partial charge in [0.1, 0.15) is 0 Å². The first-order valence-electron chi connectivity index (χ1n) is 5.91. The molecule has 2 rings (SSSR count). The Morgan fingerprint density at radius 1 is 1.38 bits per heavy atom. The molecule has 0 radical (unpaired) electrons. The minimum Gasteiger partial charge on any atom is -0.381 e. The lowest BCUT2D eigenvalue weighted by Gasteiger charge is -2.30. The van der Waals surface area contributed by atoms with Crippen molar-refractivity contribution < 1.29 is 4.74 Å². The van der Waals surface area contributed by atoms with E-state index in [0.29, 0.717) is 5.92 Å². The van der Waals surface area contributed by atoms with Crippen LogP contribution in [-0.4, -0.2) is 13.2 Å². The van der Waals surface area contributed by atoms with Gasteiger partial charge >= 0.3 is 0 Å². The van der Waals surface area contributed by atoms with Crippen LogP contribution in [0.3, 0.4) is 0 Å². The first kappa shape index (κ1) is 11.6. The number of hydrogen-bond donors (Lipinski definition) is 2. The molecule has 1 aromatic rings. The summed E-state index contributed by atoms with van der Waals surface area (Å²) in [7, 11) is 0. The van der Waals surface area contributed by atoms with Gasteiger partial charge in [-0.3, -0.25) is 11.3 Å². The van der Waals surface area contributed by atoms with Gasteiger partial charge in [0.05, 0.1) is 0 Å². The van der Waals surface area contributed by atoms with Crippen molar-refractivity contribution in [2.45, 2.75) is 25.8 Å². The summed E-state index contributed by atoms with van der Waals surface area (Å²) >= 11 is 0. The van der Waals surface area contributed by atoms with Crippen LogP contribution < -0.4 is 11.3 Å². The highest BCUT2D eigenvalue weighted by Gasteiger charge is 2.24. The van der Waals surface area contributed by atoms with E-state index in [1.807, 2.05) is 0 Å². The van der Waals surface area contributed by atoms with Gasteiger partial charge in [0.2, 0.25) is 0 Å². The SMILES string of the molecule is Cc1cccc(C(NN)C2CCOCC2)c1. The molecule has 1 atom stereocenters. The predicted octanol–water partition coefficient (Wildman–Crippen LogP) is 1.93. The van der Waals surface area contributed by atoms with Crippen molar-refractivity contribution in [1.82, 2.24) is 5.43 Å². The molecule has 0 spiro atoms. The van der Waals surface area contributed by atoms with Gasteiger partial charge in [0, 0.05) is 19.3 Å². The maximum atomic E-state index is 5.69. The normalized spacial score (nSPS) is 19.6. The first-order valence-corrected chi connectivity index (χ1v) is 5.91. The summed E-state index contributed by atoms with van der Waals surface area (Å²) in [6, 6.07) is 8.81. The van der Waals surface area contributed by atoms with Crippen molar-refractivity contribution in [1.29, 1.82) is 0 Å². The number of aryl methyl sites for hydroxylation is 1. The standard InChI is InChI=1S/C13H20N2O/c1-10-3-2-4-12(9-10)13(15-14)11-5-7-16-8-6-11/h2-4,9,11,13,15H,5-8,14H2,1H3. The van der Waals surface area contributed by atoms with Crippen LogP contribution in [0, 0.1) is 12.8 Å². The van der Waals surface area contributed by atoms with Gasteiger partial charge in [-0.2, -0.15) is 0 Å². The quantitative estimate of drug-likeness (QED) is 0.604. The third-order valence-electron chi connectivity index (χ3n) is 3.32. The van der Waals surface area contributed by atoms with Crippen molar-refractivity contribution in [3.63, 3.8) is 0 Å². The Balaban J connectivity index is 2.14. The van der Waals surface area contributed by atoms with E-state index in [4.69, 9.17) is 10.6 Å². The maximum absolute atomic E-state index is 5.69. The molecule has 1 aromatic carbocycles. The smallest absolute Gasteiger partial charge is 0.0489 e. The molecule has 1 heterocycles. The minimum atomic E-state index is 0.254. The molecule has 1 aliphatic heterocycles. The molecule has 1 fully saturated rings. The summed E-state index contributed by atoms with van der Waals surface area (Å²) in [6.45, 7) is 3.82. The third kappa shape index (κ3) is 2.61. The molecule has 3 heteroatoms. The molecule has 1 unspecified atom stereocenters. The zero-order valence-electron chi connectivity index (χ0n) is 9.78. The number of benzene rings is 1. The van der Waals surface area contributed by atoms with Gasteiger partial charge < -0.3 is 4.74 Å². The van der Waals surface area contributed by atoms with Gasteiger partial charge in [0.15, 0.2) is 0 Å². The van der Waals surface area contributed by atoms with Crippen molar-refractivity contribution >= 4 is 0 Å². The summed E-state index contributed by atoms with van der Waals surface area (Å²) in [6.07, 6.45) is 2.17. The van der Waals surface area contributed by atoms with E-state index >= 15 is 0 Å². The summed E-state index contributed by atoms with van der Waals surface area (Å²) in [5.74, 6) is 6.28. The van der Waals surface area contributed by atoms with Crippen LogP contribution in [0.2, 0.25) is 0 Å². The van der Waals surface area contributed by atoms with Crippen LogP contribution in [0.5, 0.6) is 0 Å². The third-order valence-corrected chi connectivity index (χ3v) is 3.32. The van der Waals surface area contributed by atoms with E-state index in [-0.39, 0.29) is 6.04 Å². The number of nitrogens with one attached hydrogen (secondary N) is 1. The van der Waals surface area contributed by atoms with E-state index in [0.717, 1.165) is 26.1 Å². The Bertz CT molecular complexity index is 334. The van der Waals surface area contributed by atoms with Crippen molar-refractivity contribution in [2.75, 3.05) is 13.2 Å². The van der Waals surface area contributed by atoms with Crippen LogP contribution in [0.1, 0.15) is 30.0 Å². The van der Waals surface area contributed by atoms with Crippen molar-refractivity contribution in [2.24, 2.45) is 11.8 Å². The number of rotatable bonds is 3. The summed E-state index contributed by atoms with van der Waals surface area (Å²) in [5, 5.41) is 0. The molecule has 1 saturated heterocycles. The number of hydrazine groups is 1. The molecular formula is C13H20N2O. The highest BCUT2D eigenvalue weighted by atomic mass is 16.5. The number of nitrogens with two attached hydrogens (primary N) is 1. The summed E-state index contributed by atoms with van der Waals surface area (Å²) in [5.41, 5.74) is 5.53. The van der Waals surface area contributed by atoms with Gasteiger partial charge in [0.25, 0.3) is 0 Å². The zero-order valence-corrected chi connectivity index (χ0v) is 9.78. The molecule has 3 nitrogen and oxygen atoms in total. The monoisotopic (exact) mass is 220 g/mol. The number of ether oxygens (including phenoxy) is 1. The van der Waals surface area contributed by atoms with Crippen LogP contribution in [0.4, 0.5) is 0 Å². The molecule has 0 aliphatic carbocycles.